The zero-order valence-corrected chi connectivity index (χ0v) is 13.5. The minimum absolute atomic E-state index is 0.154. The third-order valence-electron chi connectivity index (χ3n) is 4.38. The molecule has 120 valence electrons. The van der Waals surface area contributed by atoms with E-state index in [2.05, 4.69) is 5.32 Å². The molecule has 0 aliphatic carbocycles. The van der Waals surface area contributed by atoms with Crippen LogP contribution in [0.25, 0.3) is 0 Å². The average molecular weight is 305 g/mol. The molecule has 1 aliphatic rings. The first-order chi connectivity index (χ1) is 10.4. The molecule has 2 rings (SSSR count). The van der Waals surface area contributed by atoms with Gasteiger partial charge in [-0.05, 0) is 31.0 Å². The number of methoxy groups -OCH3 is 2. The van der Waals surface area contributed by atoms with E-state index in [9.17, 15) is 9.59 Å². The second kappa shape index (κ2) is 6.48. The van der Waals surface area contributed by atoms with Crippen molar-refractivity contribution in [1.82, 2.24) is 5.32 Å². The molecule has 0 unspecified atom stereocenters. The van der Waals surface area contributed by atoms with Crippen molar-refractivity contribution in [3.63, 3.8) is 0 Å². The van der Waals surface area contributed by atoms with E-state index in [-0.39, 0.29) is 23.7 Å². The van der Waals surface area contributed by atoms with E-state index < -0.39 is 5.54 Å². The number of ether oxygens (including phenoxy) is 2. The van der Waals surface area contributed by atoms with Gasteiger partial charge in [0.15, 0.2) is 0 Å². The number of carbonyl (C=O) groups excluding carboxylic acids is 2. The number of rotatable bonds is 5. The van der Waals surface area contributed by atoms with E-state index in [1.54, 1.807) is 14.0 Å². The molecule has 0 bridgehead atoms. The van der Waals surface area contributed by atoms with Crippen LogP contribution >= 0.6 is 0 Å². The molecular weight excluding hydrogens is 282 g/mol. The van der Waals surface area contributed by atoms with Crippen LogP contribution in [-0.4, -0.2) is 31.5 Å². The van der Waals surface area contributed by atoms with Crippen molar-refractivity contribution < 1.29 is 19.1 Å². The van der Waals surface area contributed by atoms with Crippen LogP contribution in [0.4, 0.5) is 0 Å². The Hall–Kier alpha value is -1.88. The predicted octanol–water partition coefficient (Wildman–Crippen LogP) is 2.26. The van der Waals surface area contributed by atoms with Gasteiger partial charge in [-0.2, -0.15) is 0 Å². The topological polar surface area (TPSA) is 64.6 Å². The first-order valence-electron chi connectivity index (χ1n) is 7.48. The van der Waals surface area contributed by atoms with Crippen LogP contribution in [0.15, 0.2) is 24.3 Å². The summed E-state index contributed by atoms with van der Waals surface area (Å²) in [4.78, 5) is 24.4. The number of hydrogen-bond acceptors (Lipinski definition) is 5. The maximum atomic E-state index is 12.3. The Labute approximate surface area is 131 Å². The van der Waals surface area contributed by atoms with Crippen LogP contribution in [0.3, 0.4) is 0 Å². The standard InChI is InChI=1S/C17H23NO4/c1-5-14(19)13-10-17(2,16(20)22-4)18-15(13)11-6-8-12(21-3)9-7-11/h6-9,13,15,18H,5,10H2,1-4H3/t13-,15+,17+/m0/s1. The third kappa shape index (κ3) is 2.99. The molecule has 0 radical (unpaired) electrons. The van der Waals surface area contributed by atoms with Crippen molar-refractivity contribution in [3.8, 4) is 5.75 Å². The summed E-state index contributed by atoms with van der Waals surface area (Å²) in [6.07, 6.45) is 0.902. The molecule has 1 N–H and O–H groups in total. The predicted molar refractivity (Wildman–Crippen MR) is 82.7 cm³/mol. The van der Waals surface area contributed by atoms with E-state index in [1.165, 1.54) is 7.11 Å². The Kier molecular flexibility index (Phi) is 4.86. The summed E-state index contributed by atoms with van der Waals surface area (Å²) < 4.78 is 10.0. The fourth-order valence-electron chi connectivity index (χ4n) is 3.12. The lowest BCUT2D eigenvalue weighted by molar-refractivity contribution is -0.147. The largest absolute Gasteiger partial charge is 0.497 e. The normalized spacial score (nSPS) is 27.5. The molecule has 0 amide bonds. The fraction of sp³-hybridized carbons (Fsp3) is 0.529. The van der Waals surface area contributed by atoms with Gasteiger partial charge < -0.3 is 9.47 Å². The maximum Gasteiger partial charge on any atom is 0.325 e. The van der Waals surface area contributed by atoms with Crippen LogP contribution in [0.5, 0.6) is 5.75 Å². The number of carbonyl (C=O) groups is 2. The van der Waals surface area contributed by atoms with Crippen LogP contribution in [0, 0.1) is 5.92 Å². The summed E-state index contributed by atoms with van der Waals surface area (Å²) in [6, 6.07) is 7.38. The van der Waals surface area contributed by atoms with Crippen LogP contribution in [0.1, 0.15) is 38.3 Å². The molecule has 1 aromatic rings. The summed E-state index contributed by atoms with van der Waals surface area (Å²) in [6.45, 7) is 3.64. The zero-order valence-electron chi connectivity index (χ0n) is 13.5. The van der Waals surface area contributed by atoms with Crippen molar-refractivity contribution >= 4 is 11.8 Å². The average Bonchev–Trinajstić information content (AvgIpc) is 2.92. The molecule has 5 heteroatoms. The second-order valence-corrected chi connectivity index (χ2v) is 5.85. The molecule has 0 aromatic heterocycles. The maximum absolute atomic E-state index is 12.3. The number of hydrogen-bond donors (Lipinski definition) is 1. The van der Waals surface area contributed by atoms with E-state index >= 15 is 0 Å². The first kappa shape index (κ1) is 16.5. The van der Waals surface area contributed by atoms with Crippen molar-refractivity contribution in [2.75, 3.05) is 14.2 Å². The quantitative estimate of drug-likeness (QED) is 0.845. The van der Waals surface area contributed by atoms with Gasteiger partial charge in [0.2, 0.25) is 0 Å². The summed E-state index contributed by atoms with van der Waals surface area (Å²) >= 11 is 0. The Morgan fingerprint density at radius 3 is 2.41 bits per heavy atom. The minimum atomic E-state index is -0.838. The second-order valence-electron chi connectivity index (χ2n) is 5.85. The number of ketones is 1. The summed E-state index contributed by atoms with van der Waals surface area (Å²) in [5.41, 5.74) is 0.134. The molecule has 0 saturated carbocycles. The number of esters is 1. The van der Waals surface area contributed by atoms with Gasteiger partial charge in [0, 0.05) is 18.4 Å². The molecule has 5 nitrogen and oxygen atoms in total. The first-order valence-corrected chi connectivity index (χ1v) is 7.48. The van der Waals surface area contributed by atoms with E-state index in [4.69, 9.17) is 9.47 Å². The lowest BCUT2D eigenvalue weighted by Crippen LogP contribution is -2.45. The van der Waals surface area contributed by atoms with Crippen LogP contribution in [0.2, 0.25) is 0 Å². The molecule has 1 aromatic carbocycles. The van der Waals surface area contributed by atoms with Crippen LogP contribution in [-0.2, 0) is 14.3 Å². The Morgan fingerprint density at radius 2 is 1.91 bits per heavy atom. The lowest BCUT2D eigenvalue weighted by Gasteiger charge is -2.23. The van der Waals surface area contributed by atoms with Gasteiger partial charge in [0.05, 0.1) is 14.2 Å². The molecule has 22 heavy (non-hydrogen) atoms. The van der Waals surface area contributed by atoms with E-state index in [1.807, 2.05) is 31.2 Å². The number of benzene rings is 1. The molecule has 1 aliphatic heterocycles. The van der Waals surface area contributed by atoms with Gasteiger partial charge in [-0.15, -0.1) is 0 Å². The molecule has 0 spiro atoms. The monoisotopic (exact) mass is 305 g/mol. The van der Waals surface area contributed by atoms with Gasteiger partial charge in [-0.1, -0.05) is 19.1 Å². The van der Waals surface area contributed by atoms with Gasteiger partial charge >= 0.3 is 5.97 Å². The van der Waals surface area contributed by atoms with Gasteiger partial charge in [0.1, 0.15) is 17.1 Å². The highest BCUT2D eigenvalue weighted by molar-refractivity contribution is 5.87. The summed E-state index contributed by atoms with van der Waals surface area (Å²) in [5, 5.41) is 3.30. The lowest BCUT2D eigenvalue weighted by atomic mass is 9.86. The highest BCUT2D eigenvalue weighted by atomic mass is 16.5. The Morgan fingerprint density at radius 1 is 1.27 bits per heavy atom. The summed E-state index contributed by atoms with van der Waals surface area (Å²) in [7, 11) is 2.98. The molecule has 1 saturated heterocycles. The minimum Gasteiger partial charge on any atom is -0.497 e. The molecule has 1 heterocycles. The van der Waals surface area contributed by atoms with Gasteiger partial charge in [-0.3, -0.25) is 14.9 Å². The van der Waals surface area contributed by atoms with Crippen LogP contribution < -0.4 is 10.1 Å². The Bertz CT molecular complexity index is 554. The van der Waals surface area contributed by atoms with Gasteiger partial charge in [-0.25, -0.2) is 0 Å². The van der Waals surface area contributed by atoms with E-state index in [0.717, 1.165) is 11.3 Å². The third-order valence-corrected chi connectivity index (χ3v) is 4.38. The van der Waals surface area contributed by atoms with Crippen molar-refractivity contribution in [3.05, 3.63) is 29.8 Å². The molecular formula is C17H23NO4. The number of nitrogens with one attached hydrogen (secondary N) is 1. The Balaban J connectivity index is 2.33. The van der Waals surface area contributed by atoms with Gasteiger partial charge in [0.25, 0.3) is 0 Å². The molecule has 1 fully saturated rings. The SMILES string of the molecule is CCC(=O)[C@@H]1C[C@](C)(C(=O)OC)N[C@@H]1c1ccc(OC)cc1. The molecule has 3 atom stereocenters. The highest BCUT2D eigenvalue weighted by Crippen LogP contribution is 2.40. The highest BCUT2D eigenvalue weighted by Gasteiger charge is 2.49. The fourth-order valence-corrected chi connectivity index (χ4v) is 3.12. The van der Waals surface area contributed by atoms with E-state index in [0.29, 0.717) is 12.8 Å². The smallest absolute Gasteiger partial charge is 0.325 e. The zero-order chi connectivity index (χ0) is 16.3. The van der Waals surface area contributed by atoms with Crippen molar-refractivity contribution in [2.24, 2.45) is 5.92 Å². The van der Waals surface area contributed by atoms with Crippen molar-refractivity contribution in [2.45, 2.75) is 38.3 Å². The van der Waals surface area contributed by atoms with Crippen molar-refractivity contribution in [1.29, 1.82) is 0 Å². The summed E-state index contributed by atoms with van der Waals surface area (Å²) in [5.74, 6) is 0.344. The number of Topliss-reactive ketones (excluding diaryl/α,β-unsaturated/α-hetero) is 1.